The zero-order valence-corrected chi connectivity index (χ0v) is 41.7. The van der Waals surface area contributed by atoms with E-state index in [1.54, 1.807) is 12.4 Å². The van der Waals surface area contributed by atoms with E-state index in [2.05, 4.69) is 171 Å². The zero-order valence-electron chi connectivity index (χ0n) is 42.3. The van der Waals surface area contributed by atoms with Crippen molar-refractivity contribution in [1.29, 1.82) is 0 Å². The third-order valence-electron chi connectivity index (χ3n) is 12.3. The third kappa shape index (κ3) is 8.95. The van der Waals surface area contributed by atoms with Crippen LogP contribution in [-0.4, -0.2) is 15.0 Å². The van der Waals surface area contributed by atoms with Crippen LogP contribution < -0.4 is 0 Å². The first-order chi connectivity index (χ1) is 31.1. The van der Waals surface area contributed by atoms with Gasteiger partial charge in [0.2, 0.25) is 0 Å². The van der Waals surface area contributed by atoms with Crippen LogP contribution in [-0.2, 0) is 30.9 Å². The van der Waals surface area contributed by atoms with Crippen molar-refractivity contribution < 1.29 is 28.6 Å². The van der Waals surface area contributed by atoms with Gasteiger partial charge in [-0.25, -0.2) is 4.98 Å². The summed E-state index contributed by atoms with van der Waals surface area (Å²) in [6, 6.07) is 41.9. The van der Waals surface area contributed by atoms with E-state index in [9.17, 15) is 0 Å². The van der Waals surface area contributed by atoms with Crippen molar-refractivity contribution >= 4 is 43.5 Å². The van der Waals surface area contributed by atoms with Crippen LogP contribution in [0.5, 0.6) is 0 Å². The van der Waals surface area contributed by atoms with Gasteiger partial charge in [0.05, 0.1) is 5.58 Å². The molecule has 0 fully saturated rings. The van der Waals surface area contributed by atoms with Gasteiger partial charge in [-0.15, -0.1) is 53.6 Å². The number of pyridine rings is 1. The van der Waals surface area contributed by atoms with Gasteiger partial charge in [-0.2, -0.15) is 0 Å². The molecule has 0 unspecified atom stereocenters. The molecule has 1 radical (unpaired) electrons. The average molecular weight is 1020 g/mol. The second-order valence-corrected chi connectivity index (χ2v) is 19.9. The Bertz CT molecular complexity index is 3200. The molecule has 0 spiro atoms. The summed E-state index contributed by atoms with van der Waals surface area (Å²) in [7, 11) is 0. The molecule has 64 heavy (non-hydrogen) atoms. The van der Waals surface area contributed by atoms with Crippen molar-refractivity contribution in [2.24, 2.45) is 0 Å². The first kappa shape index (κ1) is 42.5. The number of benzene rings is 6. The maximum absolute atomic E-state index is 8.50. The molecule has 0 aliphatic heterocycles. The molecular formula is C59H61IrN3O-2. The second-order valence-electron chi connectivity index (χ2n) is 19.9. The van der Waals surface area contributed by atoms with Crippen LogP contribution in [0.15, 0.2) is 120 Å². The molecule has 0 atom stereocenters. The molecule has 6 aromatic carbocycles. The summed E-state index contributed by atoms with van der Waals surface area (Å²) < 4.78 is 32.4. The van der Waals surface area contributed by atoms with E-state index in [1.807, 2.05) is 42.6 Å². The van der Waals surface area contributed by atoms with E-state index in [0.29, 0.717) is 45.6 Å². The summed E-state index contributed by atoms with van der Waals surface area (Å²) in [4.78, 5) is 13.6. The fourth-order valence-electron chi connectivity index (χ4n) is 8.58. The van der Waals surface area contributed by atoms with Crippen LogP contribution in [0.4, 0.5) is 0 Å². The Balaban J connectivity index is 0.000000331. The Labute approximate surface area is 398 Å². The molecule has 9 rings (SSSR count). The van der Waals surface area contributed by atoms with Crippen LogP contribution in [0.25, 0.3) is 77.1 Å². The minimum Gasteiger partial charge on any atom is -0.500 e. The number of aromatic nitrogens is 3. The summed E-state index contributed by atoms with van der Waals surface area (Å²) in [6.45, 7) is 24.2. The van der Waals surface area contributed by atoms with Crippen molar-refractivity contribution in [2.75, 3.05) is 0 Å². The first-order valence-electron chi connectivity index (χ1n) is 23.8. The molecule has 3 aromatic heterocycles. The predicted molar refractivity (Wildman–Crippen MR) is 267 cm³/mol. The topological polar surface area (TPSA) is 51.8 Å². The summed E-state index contributed by atoms with van der Waals surface area (Å²) >= 11 is 0. The van der Waals surface area contributed by atoms with Gasteiger partial charge in [0.1, 0.15) is 11.9 Å². The SMILES string of the molecule is CC(C)(C)c1ccc(-c2[c-]cccc2)nc1.[2H]C([2H])([2H])c1c[c-]c(-c2cc(C(C)(C)C)ncn2)c2oc3c4cc(-c5c(C(C)C)cc(C(C)C)cc5C(C)C)c5ccccc5c4ccc3c12.[Ir]. The van der Waals surface area contributed by atoms with Crippen LogP contribution in [0.3, 0.4) is 0 Å². The first-order valence-corrected chi connectivity index (χ1v) is 22.3. The number of rotatable bonds is 6. The van der Waals surface area contributed by atoms with Gasteiger partial charge in [0.15, 0.2) is 0 Å². The molecule has 329 valence electrons. The number of fused-ring (bicyclic) bond motifs is 7. The van der Waals surface area contributed by atoms with E-state index >= 15 is 0 Å². The maximum atomic E-state index is 8.50. The molecule has 9 aromatic rings. The second kappa shape index (κ2) is 18.2. The van der Waals surface area contributed by atoms with Crippen molar-refractivity contribution in [2.45, 2.75) is 119 Å². The molecule has 0 saturated carbocycles. The minimum absolute atomic E-state index is 0. The Hall–Kier alpha value is -5.48. The van der Waals surface area contributed by atoms with Crippen molar-refractivity contribution in [3.8, 4) is 33.6 Å². The summed E-state index contributed by atoms with van der Waals surface area (Å²) in [5, 5.41) is 5.67. The monoisotopic (exact) mass is 1020 g/mol. The van der Waals surface area contributed by atoms with E-state index in [1.165, 1.54) is 33.2 Å². The van der Waals surface area contributed by atoms with Crippen LogP contribution in [0, 0.1) is 19.0 Å². The molecule has 0 saturated heterocycles. The van der Waals surface area contributed by atoms with Gasteiger partial charge in [-0.3, -0.25) is 4.98 Å². The fraction of sp³-hybridized carbons (Fsp3) is 0.305. The third-order valence-corrected chi connectivity index (χ3v) is 12.3. The van der Waals surface area contributed by atoms with E-state index in [4.69, 9.17) is 8.53 Å². The number of hydrogen-bond acceptors (Lipinski definition) is 4. The Morgan fingerprint density at radius 1 is 0.609 bits per heavy atom. The number of furan rings is 1. The van der Waals surface area contributed by atoms with E-state index in [0.717, 1.165) is 44.1 Å². The summed E-state index contributed by atoms with van der Waals surface area (Å²) in [5.41, 5.74) is 13.2. The summed E-state index contributed by atoms with van der Waals surface area (Å²) in [5.74, 6) is 1.03. The number of nitrogens with zero attached hydrogens (tertiary/aromatic N) is 3. The Morgan fingerprint density at radius 2 is 1.28 bits per heavy atom. The Morgan fingerprint density at radius 3 is 1.88 bits per heavy atom. The molecule has 0 amide bonds. The molecule has 4 nitrogen and oxygen atoms in total. The molecule has 0 aliphatic rings. The Kier molecular flexibility index (Phi) is 12.1. The largest absolute Gasteiger partial charge is 0.500 e. The standard InChI is InChI=1S/C44H45N2O.C15H16N.Ir/c1-24(2)28-19-34(25(3)4)41(35(20-28)26(5)6)36-21-37-31(29-13-11-12-14-30(29)36)17-18-33-40-27(7)15-16-32(43(40)47-42(33)37)38-22-39(44(8,9)10)46-23-45-38;1-15(2,3)13-9-10-14(16-11-13)12-7-5-4-6-8-12;/h11-15,17-26H,1-10H3;4-7,9-11H,1-3H3;/q2*-1;/i7D3;;. The normalized spacial score (nSPS) is 13.0. The maximum Gasteiger partial charge on any atom is 0.128 e. The average Bonchev–Trinajstić information content (AvgIpc) is 3.68. The van der Waals surface area contributed by atoms with Crippen LogP contribution >= 0.6 is 0 Å². The quantitative estimate of drug-likeness (QED) is 0.123. The van der Waals surface area contributed by atoms with Crippen molar-refractivity contribution in [1.82, 2.24) is 15.0 Å². The molecular weight excluding hydrogens is 959 g/mol. The predicted octanol–water partition coefficient (Wildman–Crippen LogP) is 16.6. The molecule has 5 heteroatoms. The molecule has 0 bridgehead atoms. The van der Waals surface area contributed by atoms with Gasteiger partial charge in [0, 0.05) is 52.3 Å². The number of aryl methyl sites for hydroxylation is 1. The van der Waals surface area contributed by atoms with Gasteiger partial charge in [0.25, 0.3) is 0 Å². The van der Waals surface area contributed by atoms with Crippen molar-refractivity contribution in [3.63, 3.8) is 0 Å². The zero-order chi connectivity index (χ0) is 47.5. The fourth-order valence-corrected chi connectivity index (χ4v) is 8.58. The van der Waals surface area contributed by atoms with E-state index in [-0.39, 0.29) is 36.5 Å². The van der Waals surface area contributed by atoms with Crippen LogP contribution in [0.2, 0.25) is 0 Å². The van der Waals surface area contributed by atoms with Gasteiger partial charge >= 0.3 is 0 Å². The van der Waals surface area contributed by atoms with Crippen molar-refractivity contribution in [3.05, 3.63) is 161 Å². The summed E-state index contributed by atoms with van der Waals surface area (Å²) in [6.07, 6.45) is 3.52. The molecule has 0 N–H and O–H groups in total. The van der Waals surface area contributed by atoms with Crippen LogP contribution in [0.1, 0.15) is 138 Å². The van der Waals surface area contributed by atoms with Gasteiger partial charge in [-0.1, -0.05) is 168 Å². The molecule has 3 heterocycles. The van der Waals surface area contributed by atoms with Gasteiger partial charge in [-0.05, 0) is 90.2 Å². The molecule has 0 aliphatic carbocycles. The number of hydrogen-bond donors (Lipinski definition) is 0. The van der Waals surface area contributed by atoms with E-state index < -0.39 is 6.85 Å². The smallest absolute Gasteiger partial charge is 0.128 e. The minimum atomic E-state index is -2.37. The van der Waals surface area contributed by atoms with Gasteiger partial charge < -0.3 is 9.40 Å².